The van der Waals surface area contributed by atoms with Crippen molar-refractivity contribution >= 4 is 11.9 Å². The summed E-state index contributed by atoms with van der Waals surface area (Å²) in [4.78, 5) is 27.0. The standard InChI is InChI=1S/C17H27NO3/c1-17(2,3)21-16(20)14-5-4-8-18(14)15(19)13-10-11-6-7-12(13)9-11/h11-14H,4-10H2,1-3H3/t11?,12?,13?,14-/m1/s1. The third-order valence-electron chi connectivity index (χ3n) is 5.27. The number of carbonyl (C=O) groups is 2. The van der Waals surface area contributed by atoms with E-state index in [2.05, 4.69) is 0 Å². The summed E-state index contributed by atoms with van der Waals surface area (Å²) in [7, 11) is 0. The second kappa shape index (κ2) is 5.29. The zero-order chi connectivity index (χ0) is 15.2. The molecule has 1 aliphatic heterocycles. The summed E-state index contributed by atoms with van der Waals surface area (Å²) < 4.78 is 5.49. The van der Waals surface area contributed by atoms with E-state index in [1.54, 1.807) is 0 Å². The van der Waals surface area contributed by atoms with Gasteiger partial charge in [-0.1, -0.05) is 6.42 Å². The summed E-state index contributed by atoms with van der Waals surface area (Å²) in [6.07, 6.45) is 6.43. The molecule has 21 heavy (non-hydrogen) atoms. The van der Waals surface area contributed by atoms with Crippen molar-refractivity contribution in [3.63, 3.8) is 0 Å². The van der Waals surface area contributed by atoms with Crippen LogP contribution < -0.4 is 0 Å². The molecule has 0 N–H and O–H groups in total. The normalized spacial score (nSPS) is 35.3. The smallest absolute Gasteiger partial charge is 0.329 e. The molecule has 2 aliphatic carbocycles. The molecule has 0 aromatic rings. The SMILES string of the molecule is CC(C)(C)OC(=O)[C@H]1CCCN1C(=O)C1CC2CCC1C2. The first kappa shape index (κ1) is 14.9. The van der Waals surface area contributed by atoms with E-state index in [0.717, 1.165) is 31.7 Å². The van der Waals surface area contributed by atoms with E-state index in [-0.39, 0.29) is 23.8 Å². The van der Waals surface area contributed by atoms with E-state index in [4.69, 9.17) is 4.74 Å². The number of fused-ring (bicyclic) bond motifs is 2. The molecule has 0 radical (unpaired) electrons. The van der Waals surface area contributed by atoms with Crippen molar-refractivity contribution in [2.75, 3.05) is 6.54 Å². The lowest BCUT2D eigenvalue weighted by Crippen LogP contribution is -2.46. The lowest BCUT2D eigenvalue weighted by atomic mass is 9.87. The van der Waals surface area contributed by atoms with Crippen molar-refractivity contribution in [1.82, 2.24) is 4.90 Å². The summed E-state index contributed by atoms with van der Waals surface area (Å²) >= 11 is 0. The van der Waals surface area contributed by atoms with Crippen LogP contribution in [0.25, 0.3) is 0 Å². The molecule has 3 aliphatic rings. The molecule has 4 heteroatoms. The summed E-state index contributed by atoms with van der Waals surface area (Å²) in [5.41, 5.74) is -0.485. The lowest BCUT2D eigenvalue weighted by Gasteiger charge is -2.31. The number of hydrogen-bond donors (Lipinski definition) is 0. The predicted octanol–water partition coefficient (Wildman–Crippen LogP) is 2.76. The Hall–Kier alpha value is -1.06. The molecule has 0 spiro atoms. The van der Waals surface area contributed by atoms with Gasteiger partial charge in [-0.15, -0.1) is 0 Å². The summed E-state index contributed by atoms with van der Waals surface area (Å²) in [6, 6.07) is -0.351. The van der Waals surface area contributed by atoms with E-state index in [9.17, 15) is 9.59 Å². The molecule has 3 unspecified atom stereocenters. The van der Waals surface area contributed by atoms with E-state index in [1.165, 1.54) is 19.3 Å². The molecule has 4 atom stereocenters. The summed E-state index contributed by atoms with van der Waals surface area (Å²) in [5.74, 6) is 1.49. The van der Waals surface area contributed by atoms with Crippen molar-refractivity contribution in [3.05, 3.63) is 0 Å². The Kier molecular flexibility index (Phi) is 3.74. The molecule has 0 aromatic carbocycles. The van der Waals surface area contributed by atoms with Gasteiger partial charge in [0.05, 0.1) is 0 Å². The average molecular weight is 293 g/mol. The van der Waals surface area contributed by atoms with Crippen LogP contribution in [0.4, 0.5) is 0 Å². The minimum absolute atomic E-state index is 0.173. The number of ether oxygens (including phenoxy) is 1. The fraction of sp³-hybridized carbons (Fsp3) is 0.882. The molecule has 2 saturated carbocycles. The van der Waals surface area contributed by atoms with Crippen LogP contribution in [0.1, 0.15) is 59.3 Å². The van der Waals surface area contributed by atoms with Crippen molar-refractivity contribution in [2.45, 2.75) is 70.9 Å². The molecule has 1 heterocycles. The first-order chi connectivity index (χ1) is 9.85. The van der Waals surface area contributed by atoms with Crippen LogP contribution in [-0.4, -0.2) is 35.0 Å². The summed E-state index contributed by atoms with van der Waals surface area (Å²) in [5, 5.41) is 0. The molecular formula is C17H27NO3. The third kappa shape index (κ3) is 2.95. The number of amides is 1. The minimum Gasteiger partial charge on any atom is -0.458 e. The van der Waals surface area contributed by atoms with Gasteiger partial charge in [0.1, 0.15) is 11.6 Å². The first-order valence-corrected chi connectivity index (χ1v) is 8.38. The van der Waals surface area contributed by atoms with Crippen molar-refractivity contribution < 1.29 is 14.3 Å². The largest absolute Gasteiger partial charge is 0.458 e. The van der Waals surface area contributed by atoms with Gasteiger partial charge in [-0.05, 0) is 64.7 Å². The van der Waals surface area contributed by atoms with Crippen LogP contribution in [0.2, 0.25) is 0 Å². The maximum atomic E-state index is 12.8. The maximum absolute atomic E-state index is 12.8. The van der Waals surface area contributed by atoms with Crippen LogP contribution >= 0.6 is 0 Å². The second-order valence-corrected chi connectivity index (χ2v) is 8.00. The Labute approximate surface area is 127 Å². The number of carbonyl (C=O) groups excluding carboxylic acids is 2. The minimum atomic E-state index is -0.485. The Balaban J connectivity index is 1.66. The topological polar surface area (TPSA) is 46.6 Å². The highest BCUT2D eigenvalue weighted by Crippen LogP contribution is 2.49. The Morgan fingerprint density at radius 3 is 2.43 bits per heavy atom. The predicted molar refractivity (Wildman–Crippen MR) is 79.5 cm³/mol. The van der Waals surface area contributed by atoms with E-state index in [1.807, 2.05) is 25.7 Å². The van der Waals surface area contributed by atoms with Crippen LogP contribution in [-0.2, 0) is 14.3 Å². The number of nitrogens with zero attached hydrogens (tertiary/aromatic N) is 1. The van der Waals surface area contributed by atoms with Gasteiger partial charge in [0.15, 0.2) is 0 Å². The Morgan fingerprint density at radius 2 is 1.86 bits per heavy atom. The fourth-order valence-electron chi connectivity index (χ4n) is 4.41. The molecule has 1 amide bonds. The van der Waals surface area contributed by atoms with Crippen molar-refractivity contribution in [1.29, 1.82) is 0 Å². The van der Waals surface area contributed by atoms with E-state index >= 15 is 0 Å². The maximum Gasteiger partial charge on any atom is 0.329 e. The third-order valence-corrected chi connectivity index (χ3v) is 5.27. The van der Waals surface area contributed by atoms with Crippen LogP contribution in [0.5, 0.6) is 0 Å². The molecule has 118 valence electrons. The molecule has 1 saturated heterocycles. The highest BCUT2D eigenvalue weighted by molar-refractivity contribution is 5.87. The Morgan fingerprint density at radius 1 is 1.10 bits per heavy atom. The van der Waals surface area contributed by atoms with Gasteiger partial charge in [0.2, 0.25) is 5.91 Å². The quantitative estimate of drug-likeness (QED) is 0.735. The average Bonchev–Trinajstić information content (AvgIpc) is 3.11. The zero-order valence-corrected chi connectivity index (χ0v) is 13.4. The Bertz CT molecular complexity index is 440. The van der Waals surface area contributed by atoms with E-state index in [0.29, 0.717) is 5.92 Å². The monoisotopic (exact) mass is 293 g/mol. The molecule has 3 rings (SSSR count). The van der Waals surface area contributed by atoms with Crippen LogP contribution in [0, 0.1) is 17.8 Å². The van der Waals surface area contributed by atoms with Gasteiger partial charge in [0.25, 0.3) is 0 Å². The van der Waals surface area contributed by atoms with Gasteiger partial charge < -0.3 is 9.64 Å². The van der Waals surface area contributed by atoms with Gasteiger partial charge >= 0.3 is 5.97 Å². The molecule has 0 aromatic heterocycles. The van der Waals surface area contributed by atoms with Crippen LogP contribution in [0.3, 0.4) is 0 Å². The molecule has 3 fully saturated rings. The number of rotatable bonds is 2. The second-order valence-electron chi connectivity index (χ2n) is 8.00. The van der Waals surface area contributed by atoms with Gasteiger partial charge in [-0.25, -0.2) is 4.79 Å². The summed E-state index contributed by atoms with van der Waals surface area (Å²) in [6.45, 7) is 6.35. The molecule has 4 nitrogen and oxygen atoms in total. The van der Waals surface area contributed by atoms with Crippen molar-refractivity contribution in [3.8, 4) is 0 Å². The van der Waals surface area contributed by atoms with E-state index < -0.39 is 5.60 Å². The molecular weight excluding hydrogens is 266 g/mol. The lowest BCUT2D eigenvalue weighted by molar-refractivity contribution is -0.164. The first-order valence-electron chi connectivity index (χ1n) is 8.38. The highest BCUT2D eigenvalue weighted by Gasteiger charge is 2.47. The number of hydrogen-bond acceptors (Lipinski definition) is 3. The van der Waals surface area contributed by atoms with Gasteiger partial charge in [0, 0.05) is 12.5 Å². The van der Waals surface area contributed by atoms with Gasteiger partial charge in [-0.2, -0.15) is 0 Å². The molecule has 2 bridgehead atoms. The number of esters is 1. The fourth-order valence-corrected chi connectivity index (χ4v) is 4.41. The highest BCUT2D eigenvalue weighted by atomic mass is 16.6. The van der Waals surface area contributed by atoms with Gasteiger partial charge in [-0.3, -0.25) is 4.79 Å². The zero-order valence-electron chi connectivity index (χ0n) is 13.4. The number of likely N-dealkylation sites (tertiary alicyclic amines) is 1. The van der Waals surface area contributed by atoms with Crippen molar-refractivity contribution in [2.24, 2.45) is 17.8 Å². The van der Waals surface area contributed by atoms with Crippen LogP contribution in [0.15, 0.2) is 0 Å².